The zero-order valence-electron chi connectivity index (χ0n) is 20.6. The number of pyridine rings is 1. The molecular formula is C24H30ClF3N2O6S. The Bertz CT molecular complexity index is 1150. The molecule has 0 saturated carbocycles. The maximum absolute atomic E-state index is 12.9. The number of nitrogens with zero attached hydrogens (tertiary/aromatic N) is 1. The number of ether oxygens (including phenoxy) is 3. The standard InChI is InChI=1S/C24H30ClF3N2O6S/c1-3-4-5-13-37(32,33)30-22(31)8-6-7-17-9-10-19(35-12-11-34-2)15-21(17)36-23-20(25)14-18(16-29-23)24(26,27)28/h9-10,14-16H,3-8,11-13H2,1-2H3,(H,30,31). The molecule has 8 nitrogen and oxygen atoms in total. The minimum absolute atomic E-state index is 0.0577. The number of nitrogens with one attached hydrogen (secondary N) is 1. The smallest absolute Gasteiger partial charge is 0.417 e. The Morgan fingerprint density at radius 1 is 1.14 bits per heavy atom. The van der Waals surface area contributed by atoms with E-state index in [4.69, 9.17) is 25.8 Å². The summed E-state index contributed by atoms with van der Waals surface area (Å²) < 4.78 is 81.2. The molecule has 0 saturated heterocycles. The molecule has 0 aliphatic rings. The lowest BCUT2D eigenvalue weighted by Gasteiger charge is -2.15. The van der Waals surface area contributed by atoms with Crippen molar-refractivity contribution >= 4 is 27.5 Å². The summed E-state index contributed by atoms with van der Waals surface area (Å²) in [7, 11) is -2.17. The van der Waals surface area contributed by atoms with Gasteiger partial charge in [-0.1, -0.05) is 37.4 Å². The van der Waals surface area contributed by atoms with Crippen LogP contribution in [0, 0.1) is 0 Å². The summed E-state index contributed by atoms with van der Waals surface area (Å²) in [6.07, 6.45) is -1.39. The van der Waals surface area contributed by atoms with E-state index in [2.05, 4.69) is 9.71 Å². The number of carbonyl (C=O) groups is 1. The predicted molar refractivity (Wildman–Crippen MR) is 133 cm³/mol. The third-order valence-electron chi connectivity index (χ3n) is 5.07. The van der Waals surface area contributed by atoms with Crippen molar-refractivity contribution in [3.8, 4) is 17.4 Å². The molecular weight excluding hydrogens is 537 g/mol. The van der Waals surface area contributed by atoms with Gasteiger partial charge in [0.25, 0.3) is 0 Å². The summed E-state index contributed by atoms with van der Waals surface area (Å²) >= 11 is 5.99. The fraction of sp³-hybridized carbons (Fsp3) is 0.500. The summed E-state index contributed by atoms with van der Waals surface area (Å²) in [4.78, 5) is 15.8. The van der Waals surface area contributed by atoms with Gasteiger partial charge in [-0.15, -0.1) is 0 Å². The molecule has 0 aliphatic carbocycles. The molecule has 206 valence electrons. The van der Waals surface area contributed by atoms with Gasteiger partial charge in [0.1, 0.15) is 23.1 Å². The highest BCUT2D eigenvalue weighted by molar-refractivity contribution is 7.90. The molecule has 0 spiro atoms. The number of sulfonamides is 1. The predicted octanol–water partition coefficient (Wildman–Crippen LogP) is 5.53. The van der Waals surface area contributed by atoms with Crippen LogP contribution in [0.25, 0.3) is 0 Å². The number of hydrogen-bond donors (Lipinski definition) is 1. The molecule has 1 amide bonds. The number of amides is 1. The zero-order chi connectivity index (χ0) is 27.5. The number of benzene rings is 1. The first kappa shape index (κ1) is 30.7. The first-order valence-corrected chi connectivity index (χ1v) is 13.7. The van der Waals surface area contributed by atoms with Crippen LogP contribution in [-0.2, 0) is 32.2 Å². The minimum atomic E-state index is -4.61. The molecule has 1 N–H and O–H groups in total. The summed E-state index contributed by atoms with van der Waals surface area (Å²) in [5.41, 5.74) is -0.423. The van der Waals surface area contributed by atoms with E-state index in [0.717, 1.165) is 12.8 Å². The lowest BCUT2D eigenvalue weighted by molar-refractivity contribution is -0.137. The Labute approximate surface area is 219 Å². The molecule has 0 atom stereocenters. The number of aromatic nitrogens is 1. The van der Waals surface area contributed by atoms with Crippen LogP contribution in [0.2, 0.25) is 5.02 Å². The number of rotatable bonds is 15. The maximum Gasteiger partial charge on any atom is 0.417 e. The van der Waals surface area contributed by atoms with E-state index in [1.165, 1.54) is 13.2 Å². The van der Waals surface area contributed by atoms with Crippen LogP contribution < -0.4 is 14.2 Å². The van der Waals surface area contributed by atoms with Crippen molar-refractivity contribution in [1.82, 2.24) is 9.71 Å². The van der Waals surface area contributed by atoms with E-state index in [1.807, 2.05) is 6.92 Å². The van der Waals surface area contributed by atoms with Gasteiger partial charge in [-0.25, -0.2) is 13.4 Å². The van der Waals surface area contributed by atoms with Crippen LogP contribution in [-0.4, -0.2) is 45.4 Å². The van der Waals surface area contributed by atoms with Gasteiger partial charge in [-0.05, 0) is 37.0 Å². The quantitative estimate of drug-likeness (QED) is 0.283. The summed E-state index contributed by atoms with van der Waals surface area (Å²) in [6, 6.07) is 5.58. The van der Waals surface area contributed by atoms with E-state index in [1.54, 1.807) is 12.1 Å². The van der Waals surface area contributed by atoms with Crippen molar-refractivity contribution in [3.63, 3.8) is 0 Å². The van der Waals surface area contributed by atoms with Gasteiger partial charge in [0.15, 0.2) is 0 Å². The molecule has 1 aromatic carbocycles. The number of aryl methyl sites for hydroxylation is 1. The molecule has 0 fully saturated rings. The number of alkyl halides is 3. The van der Waals surface area contributed by atoms with Crippen LogP contribution in [0.4, 0.5) is 13.2 Å². The summed E-state index contributed by atoms with van der Waals surface area (Å²) in [5, 5.41) is -0.334. The van der Waals surface area contributed by atoms with Crippen LogP contribution in [0.3, 0.4) is 0 Å². The van der Waals surface area contributed by atoms with Gasteiger partial charge in [0.2, 0.25) is 21.8 Å². The second-order valence-electron chi connectivity index (χ2n) is 8.13. The lowest BCUT2D eigenvalue weighted by Crippen LogP contribution is -2.32. The Kier molecular flexibility index (Phi) is 11.9. The SMILES string of the molecule is CCCCCS(=O)(=O)NC(=O)CCCc1ccc(OCCOC)cc1Oc1ncc(C(F)(F)F)cc1Cl. The van der Waals surface area contributed by atoms with Crippen molar-refractivity contribution in [1.29, 1.82) is 0 Å². The van der Waals surface area contributed by atoms with Gasteiger partial charge in [0, 0.05) is 25.8 Å². The highest BCUT2D eigenvalue weighted by Gasteiger charge is 2.32. The van der Waals surface area contributed by atoms with E-state index in [-0.39, 0.29) is 41.9 Å². The van der Waals surface area contributed by atoms with Gasteiger partial charge >= 0.3 is 6.18 Å². The molecule has 1 aromatic heterocycles. The molecule has 0 aliphatic heterocycles. The molecule has 13 heteroatoms. The number of methoxy groups -OCH3 is 1. The Morgan fingerprint density at radius 2 is 1.89 bits per heavy atom. The van der Waals surface area contributed by atoms with Crippen LogP contribution in [0.15, 0.2) is 30.5 Å². The lowest BCUT2D eigenvalue weighted by atomic mass is 10.1. The average Bonchev–Trinajstić information content (AvgIpc) is 2.81. The van der Waals surface area contributed by atoms with Crippen molar-refractivity contribution < 1.29 is 40.6 Å². The first-order valence-electron chi connectivity index (χ1n) is 11.6. The number of unbranched alkanes of at least 4 members (excludes halogenated alkanes) is 2. The van der Waals surface area contributed by atoms with E-state index in [9.17, 15) is 26.4 Å². The monoisotopic (exact) mass is 566 g/mol. The summed E-state index contributed by atoms with van der Waals surface area (Å²) in [5.74, 6) is -0.339. The molecule has 2 rings (SSSR count). The largest absolute Gasteiger partial charge is 0.491 e. The highest BCUT2D eigenvalue weighted by atomic mass is 35.5. The van der Waals surface area contributed by atoms with E-state index in [0.29, 0.717) is 43.0 Å². The fourth-order valence-corrected chi connectivity index (χ4v) is 4.53. The second kappa shape index (κ2) is 14.4. The molecule has 1 heterocycles. The Morgan fingerprint density at radius 3 is 2.54 bits per heavy atom. The van der Waals surface area contributed by atoms with Gasteiger partial charge < -0.3 is 14.2 Å². The summed E-state index contributed by atoms with van der Waals surface area (Å²) in [6.45, 7) is 2.53. The van der Waals surface area contributed by atoms with Crippen LogP contribution in [0.5, 0.6) is 17.4 Å². The van der Waals surface area contributed by atoms with Crippen molar-refractivity contribution in [2.24, 2.45) is 0 Å². The normalized spacial score (nSPS) is 11.8. The average molecular weight is 567 g/mol. The molecule has 0 radical (unpaired) electrons. The Hall–Kier alpha value is -2.57. The third-order valence-corrected chi connectivity index (χ3v) is 6.71. The van der Waals surface area contributed by atoms with Gasteiger partial charge in [0.05, 0.1) is 17.9 Å². The first-order chi connectivity index (χ1) is 17.4. The fourth-order valence-electron chi connectivity index (χ4n) is 3.19. The number of halogens is 4. The zero-order valence-corrected chi connectivity index (χ0v) is 22.1. The molecule has 37 heavy (non-hydrogen) atoms. The second-order valence-corrected chi connectivity index (χ2v) is 10.4. The van der Waals surface area contributed by atoms with Crippen LogP contribution >= 0.6 is 11.6 Å². The number of carbonyl (C=O) groups excluding carboxylic acids is 1. The maximum atomic E-state index is 12.9. The minimum Gasteiger partial charge on any atom is -0.491 e. The van der Waals surface area contributed by atoms with Gasteiger partial charge in [-0.2, -0.15) is 13.2 Å². The van der Waals surface area contributed by atoms with Gasteiger partial charge in [-0.3, -0.25) is 9.52 Å². The molecule has 2 aromatic rings. The molecule has 0 unspecified atom stereocenters. The van der Waals surface area contributed by atoms with Crippen molar-refractivity contribution in [3.05, 3.63) is 46.6 Å². The van der Waals surface area contributed by atoms with Crippen LogP contribution in [0.1, 0.15) is 50.2 Å². The highest BCUT2D eigenvalue weighted by Crippen LogP contribution is 2.36. The topological polar surface area (TPSA) is 104 Å². The van der Waals surface area contributed by atoms with Crippen molar-refractivity contribution in [2.45, 2.75) is 51.6 Å². The van der Waals surface area contributed by atoms with Crippen molar-refractivity contribution in [2.75, 3.05) is 26.1 Å². The number of hydrogen-bond acceptors (Lipinski definition) is 7. The Balaban J connectivity index is 2.12. The van der Waals surface area contributed by atoms with E-state index >= 15 is 0 Å². The molecule has 0 bridgehead atoms. The third kappa shape index (κ3) is 10.7. The van der Waals surface area contributed by atoms with E-state index < -0.39 is 27.7 Å².